The van der Waals surface area contributed by atoms with Crippen molar-refractivity contribution in [3.05, 3.63) is 32.5 Å². The number of thiophene rings is 1. The van der Waals surface area contributed by atoms with Crippen molar-refractivity contribution in [1.82, 2.24) is 0 Å². The SMILES string of the molecule is C=CC#Cc1ccc(I)s1. The third kappa shape index (κ3) is 2.16. The number of halogens is 1. The van der Waals surface area contributed by atoms with Crippen LogP contribution in [0.3, 0.4) is 0 Å². The molecule has 0 bridgehead atoms. The van der Waals surface area contributed by atoms with Crippen molar-refractivity contribution in [2.75, 3.05) is 0 Å². The van der Waals surface area contributed by atoms with Gasteiger partial charge >= 0.3 is 0 Å². The van der Waals surface area contributed by atoms with Crippen LogP contribution < -0.4 is 0 Å². The molecule has 2 heteroatoms. The topological polar surface area (TPSA) is 0 Å². The highest BCUT2D eigenvalue weighted by Gasteiger charge is 1.90. The van der Waals surface area contributed by atoms with Gasteiger partial charge in [0, 0.05) is 0 Å². The van der Waals surface area contributed by atoms with E-state index in [1.54, 1.807) is 17.4 Å². The van der Waals surface area contributed by atoms with Gasteiger partial charge in [-0.05, 0) is 40.8 Å². The van der Waals surface area contributed by atoms with Gasteiger partial charge in [0.2, 0.25) is 0 Å². The minimum absolute atomic E-state index is 1.10. The second kappa shape index (κ2) is 3.79. The molecule has 0 atom stereocenters. The highest BCUT2D eigenvalue weighted by molar-refractivity contribution is 14.1. The fourth-order valence-electron chi connectivity index (χ4n) is 0.504. The number of hydrogen-bond donors (Lipinski definition) is 0. The van der Waals surface area contributed by atoms with Gasteiger partial charge in [-0.1, -0.05) is 18.4 Å². The zero-order valence-corrected chi connectivity index (χ0v) is 8.20. The Morgan fingerprint density at radius 1 is 1.60 bits per heavy atom. The van der Waals surface area contributed by atoms with E-state index in [1.165, 1.54) is 2.88 Å². The van der Waals surface area contributed by atoms with Gasteiger partial charge in [-0.3, -0.25) is 0 Å². The molecular weight excluding hydrogens is 255 g/mol. The van der Waals surface area contributed by atoms with Gasteiger partial charge in [0.1, 0.15) is 0 Å². The second-order valence-corrected chi connectivity index (χ2v) is 4.56. The van der Waals surface area contributed by atoms with E-state index in [-0.39, 0.29) is 0 Å². The minimum atomic E-state index is 1.10. The summed E-state index contributed by atoms with van der Waals surface area (Å²) in [5.41, 5.74) is 0. The van der Waals surface area contributed by atoms with Gasteiger partial charge in [0.15, 0.2) is 0 Å². The zero-order chi connectivity index (χ0) is 7.40. The van der Waals surface area contributed by atoms with E-state index in [4.69, 9.17) is 0 Å². The number of allylic oxidation sites excluding steroid dienone is 1. The maximum atomic E-state index is 3.51. The van der Waals surface area contributed by atoms with Gasteiger partial charge in [0.05, 0.1) is 7.76 Å². The van der Waals surface area contributed by atoms with Crippen LogP contribution in [0.1, 0.15) is 4.88 Å². The maximum Gasteiger partial charge on any atom is 0.0783 e. The normalized spacial score (nSPS) is 8.10. The summed E-state index contributed by atoms with van der Waals surface area (Å²) in [6.45, 7) is 3.51. The van der Waals surface area contributed by atoms with Gasteiger partial charge in [-0.25, -0.2) is 0 Å². The number of rotatable bonds is 0. The summed E-state index contributed by atoms with van der Waals surface area (Å²) in [4.78, 5) is 1.10. The van der Waals surface area contributed by atoms with E-state index in [0.29, 0.717) is 0 Å². The fourth-order valence-corrected chi connectivity index (χ4v) is 1.99. The summed E-state index contributed by atoms with van der Waals surface area (Å²) in [7, 11) is 0. The molecule has 1 heterocycles. The van der Waals surface area contributed by atoms with Gasteiger partial charge < -0.3 is 0 Å². The van der Waals surface area contributed by atoms with Gasteiger partial charge in [-0.15, -0.1) is 11.3 Å². The van der Waals surface area contributed by atoms with Crippen LogP contribution in [0.4, 0.5) is 0 Å². The van der Waals surface area contributed by atoms with E-state index >= 15 is 0 Å². The predicted molar refractivity (Wildman–Crippen MR) is 54.1 cm³/mol. The van der Waals surface area contributed by atoms with Gasteiger partial charge in [-0.2, -0.15) is 0 Å². The maximum absolute atomic E-state index is 3.51. The molecule has 0 N–H and O–H groups in total. The molecule has 0 unspecified atom stereocenters. The van der Waals surface area contributed by atoms with Crippen LogP contribution in [0.25, 0.3) is 0 Å². The first kappa shape index (κ1) is 7.83. The van der Waals surface area contributed by atoms with Crippen LogP contribution in [0.5, 0.6) is 0 Å². The summed E-state index contributed by atoms with van der Waals surface area (Å²) in [5.74, 6) is 5.76. The lowest BCUT2D eigenvalue weighted by atomic mass is 10.4. The highest BCUT2D eigenvalue weighted by Crippen LogP contribution is 2.16. The molecule has 0 nitrogen and oxygen atoms in total. The van der Waals surface area contributed by atoms with E-state index in [1.807, 2.05) is 6.07 Å². The molecule has 0 saturated heterocycles. The average molecular weight is 260 g/mol. The van der Waals surface area contributed by atoms with Crippen LogP contribution in [0, 0.1) is 14.7 Å². The molecule has 50 valence electrons. The third-order valence-corrected chi connectivity index (χ3v) is 2.68. The molecule has 0 fully saturated rings. The first-order valence-electron chi connectivity index (χ1n) is 2.70. The lowest BCUT2D eigenvalue weighted by molar-refractivity contribution is 1.91. The quantitative estimate of drug-likeness (QED) is 0.497. The van der Waals surface area contributed by atoms with Crippen molar-refractivity contribution in [3.63, 3.8) is 0 Å². The fraction of sp³-hybridized carbons (Fsp3) is 0. The molecule has 0 amide bonds. The highest BCUT2D eigenvalue weighted by atomic mass is 127. The Kier molecular flexibility index (Phi) is 2.97. The summed E-state index contributed by atoms with van der Waals surface area (Å²) >= 11 is 3.97. The molecule has 1 aromatic rings. The predicted octanol–water partition coefficient (Wildman–Crippen LogP) is 2.89. The molecule has 10 heavy (non-hydrogen) atoms. The molecule has 0 aliphatic rings. The summed E-state index contributed by atoms with van der Waals surface area (Å²) in [5, 5.41) is 0. The molecular formula is C8H5IS. The van der Waals surface area contributed by atoms with Crippen molar-refractivity contribution in [3.8, 4) is 11.8 Å². The van der Waals surface area contributed by atoms with Crippen LogP contribution in [0.15, 0.2) is 24.8 Å². The lowest BCUT2D eigenvalue weighted by Crippen LogP contribution is -1.55. The Balaban J connectivity index is 2.85. The summed E-state index contributed by atoms with van der Waals surface area (Å²) in [6.07, 6.45) is 1.60. The van der Waals surface area contributed by atoms with E-state index < -0.39 is 0 Å². The minimum Gasteiger partial charge on any atom is -0.121 e. The Hall–Kier alpha value is -0.270. The summed E-state index contributed by atoms with van der Waals surface area (Å²) in [6, 6.07) is 4.07. The Bertz CT molecular complexity index is 288. The van der Waals surface area contributed by atoms with Crippen LogP contribution in [-0.4, -0.2) is 0 Å². The molecule has 0 aliphatic carbocycles. The molecule has 1 aromatic heterocycles. The standard InChI is InChI=1S/C8H5IS/c1-2-3-4-7-5-6-8(9)10-7/h2,5-6H,1H2. The first-order chi connectivity index (χ1) is 4.83. The van der Waals surface area contributed by atoms with Crippen LogP contribution in [-0.2, 0) is 0 Å². The smallest absolute Gasteiger partial charge is 0.0783 e. The van der Waals surface area contributed by atoms with Crippen molar-refractivity contribution >= 4 is 33.9 Å². The monoisotopic (exact) mass is 260 g/mol. The lowest BCUT2D eigenvalue weighted by Gasteiger charge is -1.72. The molecule has 0 radical (unpaired) electrons. The van der Waals surface area contributed by atoms with Crippen LogP contribution in [0.2, 0.25) is 0 Å². The molecule has 0 saturated carbocycles. The largest absolute Gasteiger partial charge is 0.121 e. The third-order valence-electron chi connectivity index (χ3n) is 0.871. The van der Waals surface area contributed by atoms with Crippen molar-refractivity contribution in [2.45, 2.75) is 0 Å². The molecule has 1 rings (SSSR count). The van der Waals surface area contributed by atoms with Crippen molar-refractivity contribution in [1.29, 1.82) is 0 Å². The first-order valence-corrected chi connectivity index (χ1v) is 4.60. The Labute approximate surface area is 78.1 Å². The molecule has 0 spiro atoms. The zero-order valence-electron chi connectivity index (χ0n) is 5.23. The van der Waals surface area contributed by atoms with Crippen LogP contribution >= 0.6 is 33.9 Å². The van der Waals surface area contributed by atoms with Crippen molar-refractivity contribution < 1.29 is 0 Å². The number of hydrogen-bond acceptors (Lipinski definition) is 1. The van der Waals surface area contributed by atoms with E-state index in [0.717, 1.165) is 4.88 Å². The average Bonchev–Trinajstić information content (AvgIpc) is 2.31. The Morgan fingerprint density at radius 3 is 2.90 bits per heavy atom. The second-order valence-electron chi connectivity index (χ2n) is 1.58. The van der Waals surface area contributed by atoms with E-state index in [2.05, 4.69) is 47.1 Å². The molecule has 0 aliphatic heterocycles. The van der Waals surface area contributed by atoms with Crippen molar-refractivity contribution in [2.24, 2.45) is 0 Å². The van der Waals surface area contributed by atoms with E-state index in [9.17, 15) is 0 Å². The summed E-state index contributed by atoms with van der Waals surface area (Å²) < 4.78 is 1.27. The van der Waals surface area contributed by atoms with Gasteiger partial charge in [0.25, 0.3) is 0 Å². The Morgan fingerprint density at radius 2 is 2.40 bits per heavy atom. The molecule has 0 aromatic carbocycles.